The van der Waals surface area contributed by atoms with Crippen LogP contribution in [0.2, 0.25) is 0 Å². The number of halogens is 3. The summed E-state index contributed by atoms with van der Waals surface area (Å²) >= 11 is 4.47. The number of benzene rings is 3. The summed E-state index contributed by atoms with van der Waals surface area (Å²) in [5.74, 6) is 0.896. The third kappa shape index (κ3) is 5.95. The fraction of sp³-hybridized carbons (Fsp3) is 0.125. The van der Waals surface area contributed by atoms with E-state index in [4.69, 9.17) is 9.47 Å². The Morgan fingerprint density at radius 3 is 2.50 bits per heavy atom. The highest BCUT2D eigenvalue weighted by Gasteiger charge is 2.13. The van der Waals surface area contributed by atoms with Crippen molar-refractivity contribution in [3.8, 4) is 17.6 Å². The first-order valence-electron chi connectivity index (χ1n) is 9.21. The van der Waals surface area contributed by atoms with Gasteiger partial charge in [0.1, 0.15) is 12.4 Å². The summed E-state index contributed by atoms with van der Waals surface area (Å²) in [5, 5.41) is 9.56. The van der Waals surface area contributed by atoms with Crippen LogP contribution < -0.4 is 9.47 Å². The van der Waals surface area contributed by atoms with E-state index in [0.29, 0.717) is 35.8 Å². The van der Waals surface area contributed by atoms with Gasteiger partial charge in [0.2, 0.25) is 0 Å². The van der Waals surface area contributed by atoms with Crippen molar-refractivity contribution in [2.24, 2.45) is 0 Å². The Bertz CT molecular complexity index is 1110. The zero-order valence-electron chi connectivity index (χ0n) is 16.2. The predicted octanol–water partition coefficient (Wildman–Crippen LogP) is 7.08. The smallest absolute Gasteiger partial charge is 0.175 e. The molecule has 0 N–H and O–H groups in total. The third-order valence-electron chi connectivity index (χ3n) is 4.20. The molecule has 0 spiro atoms. The molecule has 0 atom stereocenters. The van der Waals surface area contributed by atoms with Gasteiger partial charge in [-0.25, -0.2) is 4.39 Å². The van der Waals surface area contributed by atoms with Gasteiger partial charge in [0.15, 0.2) is 11.5 Å². The first kappa shape index (κ1) is 22.6. The van der Waals surface area contributed by atoms with Gasteiger partial charge in [-0.1, -0.05) is 24.3 Å². The van der Waals surface area contributed by atoms with Crippen LogP contribution in [-0.2, 0) is 6.61 Å². The average molecular weight is 625 g/mol. The second kappa shape index (κ2) is 10.8. The molecule has 0 aliphatic rings. The highest BCUT2D eigenvalue weighted by molar-refractivity contribution is 14.1. The molecule has 0 radical (unpaired) electrons. The Kier molecular flexibility index (Phi) is 8.10. The lowest BCUT2D eigenvalue weighted by molar-refractivity contribution is 0.267. The lowest BCUT2D eigenvalue weighted by Gasteiger charge is -2.15. The van der Waals surface area contributed by atoms with Crippen molar-refractivity contribution < 1.29 is 13.9 Å². The molecule has 0 saturated heterocycles. The van der Waals surface area contributed by atoms with Gasteiger partial charge in [-0.2, -0.15) is 5.26 Å². The fourth-order valence-corrected chi connectivity index (χ4v) is 3.95. The number of allylic oxidation sites excluding steroid dienone is 1. The van der Waals surface area contributed by atoms with E-state index in [9.17, 15) is 9.65 Å². The lowest BCUT2D eigenvalue weighted by atomic mass is 10.0. The molecule has 0 heterocycles. The Labute approximate surface area is 202 Å². The maximum Gasteiger partial charge on any atom is 0.175 e. The molecule has 0 amide bonds. The minimum atomic E-state index is -0.377. The Morgan fingerprint density at radius 2 is 1.83 bits per heavy atom. The van der Waals surface area contributed by atoms with Crippen LogP contribution in [0.4, 0.5) is 4.39 Å². The lowest BCUT2D eigenvalue weighted by Crippen LogP contribution is -2.02. The van der Waals surface area contributed by atoms with Crippen LogP contribution in [0.25, 0.3) is 11.6 Å². The SMILES string of the molecule is CCOc1cc(/C=C(/C#N)c2cccc(F)c2)cc(I)c1OCc1ccc(I)cc1. The van der Waals surface area contributed by atoms with Gasteiger partial charge in [0.05, 0.1) is 21.8 Å². The van der Waals surface area contributed by atoms with Crippen molar-refractivity contribution in [1.82, 2.24) is 0 Å². The molecule has 0 unspecified atom stereocenters. The van der Waals surface area contributed by atoms with Crippen LogP contribution in [-0.4, -0.2) is 6.61 Å². The normalized spacial score (nSPS) is 11.1. The van der Waals surface area contributed by atoms with Crippen LogP contribution in [0.3, 0.4) is 0 Å². The highest BCUT2D eigenvalue weighted by atomic mass is 127. The third-order valence-corrected chi connectivity index (χ3v) is 5.72. The van der Waals surface area contributed by atoms with E-state index in [1.165, 1.54) is 15.7 Å². The summed E-state index contributed by atoms with van der Waals surface area (Å²) in [7, 11) is 0. The van der Waals surface area contributed by atoms with E-state index in [1.807, 2.05) is 43.3 Å². The van der Waals surface area contributed by atoms with E-state index in [0.717, 1.165) is 14.7 Å². The predicted molar refractivity (Wildman–Crippen MR) is 134 cm³/mol. The van der Waals surface area contributed by atoms with Gasteiger partial charge in [0, 0.05) is 3.57 Å². The monoisotopic (exact) mass is 625 g/mol. The molecule has 3 aromatic carbocycles. The Morgan fingerprint density at radius 1 is 1.07 bits per heavy atom. The van der Waals surface area contributed by atoms with E-state index >= 15 is 0 Å². The number of nitrogens with zero attached hydrogens (tertiary/aromatic N) is 1. The summed E-state index contributed by atoms with van der Waals surface area (Å²) in [6.45, 7) is 2.82. The zero-order valence-corrected chi connectivity index (χ0v) is 20.5. The van der Waals surface area contributed by atoms with Crippen LogP contribution in [0.5, 0.6) is 11.5 Å². The molecule has 30 heavy (non-hydrogen) atoms. The van der Waals surface area contributed by atoms with Crippen LogP contribution in [0.1, 0.15) is 23.6 Å². The molecule has 0 bridgehead atoms. The molecule has 0 saturated carbocycles. The summed E-state index contributed by atoms with van der Waals surface area (Å²) in [5.41, 5.74) is 2.76. The minimum Gasteiger partial charge on any atom is -0.490 e. The molecule has 6 heteroatoms. The van der Waals surface area contributed by atoms with E-state index in [2.05, 4.69) is 51.3 Å². The first-order chi connectivity index (χ1) is 14.5. The summed E-state index contributed by atoms with van der Waals surface area (Å²) in [6, 6.07) is 20.1. The minimum absolute atomic E-state index is 0.375. The Balaban J connectivity index is 1.92. The standard InChI is InChI=1S/C24H18FI2NO2/c1-2-29-23-12-17(10-19(14-28)18-4-3-5-20(25)13-18)11-22(27)24(23)30-15-16-6-8-21(26)9-7-16/h3-13H,2,15H2,1H3/b19-10-. The van der Waals surface area contributed by atoms with Crippen molar-refractivity contribution in [2.75, 3.05) is 6.61 Å². The van der Waals surface area contributed by atoms with Gasteiger partial charge in [-0.05, 0) is 111 Å². The van der Waals surface area contributed by atoms with Crippen molar-refractivity contribution in [3.63, 3.8) is 0 Å². The van der Waals surface area contributed by atoms with Gasteiger partial charge in [0.25, 0.3) is 0 Å². The van der Waals surface area contributed by atoms with Gasteiger partial charge in [-0.3, -0.25) is 0 Å². The maximum absolute atomic E-state index is 13.6. The summed E-state index contributed by atoms with van der Waals surface area (Å²) < 4.78 is 27.5. The fourth-order valence-electron chi connectivity index (χ4n) is 2.81. The second-order valence-corrected chi connectivity index (χ2v) is 8.77. The van der Waals surface area contributed by atoms with E-state index in [1.54, 1.807) is 18.2 Å². The number of rotatable bonds is 7. The molecule has 0 fully saturated rings. The number of hydrogen-bond donors (Lipinski definition) is 0. The number of ether oxygens (including phenoxy) is 2. The molecule has 0 aliphatic carbocycles. The largest absolute Gasteiger partial charge is 0.490 e. The number of hydrogen-bond acceptors (Lipinski definition) is 3. The molecule has 3 aromatic rings. The van der Waals surface area contributed by atoms with Crippen LogP contribution >= 0.6 is 45.2 Å². The summed E-state index contributed by atoms with van der Waals surface area (Å²) in [6.07, 6.45) is 1.72. The van der Waals surface area contributed by atoms with Crippen molar-refractivity contribution >= 4 is 56.8 Å². The van der Waals surface area contributed by atoms with Crippen molar-refractivity contribution in [3.05, 3.63) is 90.3 Å². The zero-order chi connectivity index (χ0) is 21.5. The number of nitriles is 1. The van der Waals surface area contributed by atoms with Gasteiger partial charge < -0.3 is 9.47 Å². The van der Waals surface area contributed by atoms with Crippen molar-refractivity contribution in [2.45, 2.75) is 13.5 Å². The molecule has 0 aromatic heterocycles. The topological polar surface area (TPSA) is 42.2 Å². The van der Waals surface area contributed by atoms with Gasteiger partial charge in [-0.15, -0.1) is 0 Å². The average Bonchev–Trinajstić information content (AvgIpc) is 2.73. The maximum atomic E-state index is 13.6. The molecule has 0 aliphatic heterocycles. The van der Waals surface area contributed by atoms with E-state index in [-0.39, 0.29) is 5.82 Å². The highest BCUT2D eigenvalue weighted by Crippen LogP contribution is 2.36. The van der Waals surface area contributed by atoms with Crippen LogP contribution in [0.15, 0.2) is 60.7 Å². The summed E-state index contributed by atoms with van der Waals surface area (Å²) in [4.78, 5) is 0. The van der Waals surface area contributed by atoms with Crippen molar-refractivity contribution in [1.29, 1.82) is 5.26 Å². The molecule has 3 rings (SSSR count). The first-order valence-corrected chi connectivity index (χ1v) is 11.4. The molecule has 152 valence electrons. The molecular formula is C24H18FI2NO2. The Hall–Kier alpha value is -2.12. The van der Waals surface area contributed by atoms with Gasteiger partial charge >= 0.3 is 0 Å². The molecule has 3 nitrogen and oxygen atoms in total. The quantitative estimate of drug-likeness (QED) is 0.160. The molecular weight excluding hydrogens is 607 g/mol. The van der Waals surface area contributed by atoms with E-state index < -0.39 is 0 Å². The van der Waals surface area contributed by atoms with Crippen LogP contribution in [0, 0.1) is 24.3 Å². The second-order valence-electron chi connectivity index (χ2n) is 6.36.